The van der Waals surface area contributed by atoms with Crippen LogP contribution in [0.4, 0.5) is 50.7 Å². The van der Waals surface area contributed by atoms with Crippen LogP contribution in [0, 0.1) is 10.8 Å². The molecule has 4 aromatic carbocycles. The van der Waals surface area contributed by atoms with Gasteiger partial charge < -0.3 is 89.5 Å². The van der Waals surface area contributed by atoms with Crippen LogP contribution < -0.4 is 45.5 Å². The Labute approximate surface area is 420 Å². The van der Waals surface area contributed by atoms with E-state index >= 15 is 0 Å². The van der Waals surface area contributed by atoms with Gasteiger partial charge >= 0.3 is 37.9 Å². The van der Waals surface area contributed by atoms with Crippen molar-refractivity contribution in [3.8, 4) is 34.5 Å². The van der Waals surface area contributed by atoms with E-state index in [0.29, 0.717) is 16.9 Å². The Morgan fingerprint density at radius 3 is 1.65 bits per heavy atom. The van der Waals surface area contributed by atoms with Gasteiger partial charge in [-0.25, -0.2) is 9.59 Å². The van der Waals surface area contributed by atoms with E-state index in [2.05, 4.69) is 43.1 Å². The highest BCUT2D eigenvalue weighted by molar-refractivity contribution is 6.50. The van der Waals surface area contributed by atoms with Crippen molar-refractivity contribution in [2.45, 2.75) is 50.0 Å². The van der Waals surface area contributed by atoms with E-state index in [-0.39, 0.29) is 70.7 Å². The highest BCUT2D eigenvalue weighted by Crippen LogP contribution is 2.47. The highest BCUT2D eigenvalue weighted by Gasteiger charge is 2.37. The van der Waals surface area contributed by atoms with Crippen molar-refractivity contribution in [1.29, 1.82) is 10.8 Å². The second-order valence-corrected chi connectivity index (χ2v) is 15.5. The molecule has 398 valence electrons. The van der Waals surface area contributed by atoms with Crippen LogP contribution in [0.5, 0.6) is 34.5 Å². The zero-order valence-corrected chi connectivity index (χ0v) is 39.6. The summed E-state index contributed by atoms with van der Waals surface area (Å²) in [6.45, 7) is 4.66. The van der Waals surface area contributed by atoms with E-state index in [4.69, 9.17) is 28.4 Å². The molecule has 0 fully saturated rings. The van der Waals surface area contributed by atoms with Gasteiger partial charge in [-0.15, -0.1) is 0 Å². The number of hydrogen-bond donors (Lipinski definition) is 5. The molecule has 21 nitrogen and oxygen atoms in total. The molecule has 0 aliphatic carbocycles. The summed E-state index contributed by atoms with van der Waals surface area (Å²) in [5.41, 5.74) is 0.686. The lowest BCUT2D eigenvalue weighted by Crippen LogP contribution is -2.55. The van der Waals surface area contributed by atoms with E-state index in [1.165, 1.54) is 81.8 Å². The largest absolute Gasteiger partial charge is 0.673 e. The topological polar surface area (TPSA) is 274 Å². The molecule has 0 aromatic heterocycles. The number of methoxy groups -OCH3 is 3. The summed E-state index contributed by atoms with van der Waals surface area (Å²) in [6.07, 6.45) is -0.0196. The van der Waals surface area contributed by atoms with Crippen molar-refractivity contribution in [2.75, 3.05) is 27.9 Å². The third kappa shape index (κ3) is 17.5. The van der Waals surface area contributed by atoms with Crippen LogP contribution in [0.3, 0.4) is 0 Å². The minimum atomic E-state index is -6.00. The van der Waals surface area contributed by atoms with E-state index in [9.17, 15) is 74.1 Å². The molecule has 0 radical (unpaired) electrons. The molecule has 0 saturated carbocycles. The van der Waals surface area contributed by atoms with Gasteiger partial charge in [-0.3, -0.25) is 19.2 Å². The number of hydrogen-bond acceptors (Lipinski definition) is 14. The van der Waals surface area contributed by atoms with Gasteiger partial charge in [0.25, 0.3) is 0 Å². The third-order valence-electron chi connectivity index (χ3n) is 10.2. The number of carbonyl (C=O) groups is 6. The van der Waals surface area contributed by atoms with Crippen LogP contribution in [0.15, 0.2) is 85.5 Å². The fourth-order valence-electron chi connectivity index (χ4n) is 6.92. The van der Waals surface area contributed by atoms with Crippen molar-refractivity contribution >= 4 is 61.6 Å². The third-order valence-corrected chi connectivity index (χ3v) is 10.2. The maximum Gasteiger partial charge on any atom is 0.673 e. The van der Waals surface area contributed by atoms with Gasteiger partial charge in [-0.05, 0) is 65.6 Å². The normalized spacial score (nSPS) is 18.6. The van der Waals surface area contributed by atoms with Crippen molar-refractivity contribution in [3.05, 3.63) is 118 Å². The standard InChI is InChI=1S/C44H41N9O12.2BF4/c1-6-15-63-44(59)49-30-18-23-7-13-32(28(16-23)52-45)64-34-20-26-21-35(38(34)61-4)65-33-14-8-24(17-29(33)53-46)19-31(43(58)62-5)48-41(56)36(25-9-11-27(60-3)12-10-25)51-42(57)37(26)50-39(54)22(2)47-40(30)55;2*2-1(3,4)5/h6-14,16-17,20-22,30-31,36-37H,1,15,18-19H2,2-5H3,(H3-2,47,48,49,50,51,54,55,56,57,59);;/q;2*-1/p+2/t22-,30-,31-,36-,37+;;/m1../s1. The maximum atomic E-state index is 14.9. The first kappa shape index (κ1) is 58.4. The van der Waals surface area contributed by atoms with Crippen LogP contribution in [-0.2, 0) is 46.3 Å². The lowest BCUT2D eigenvalue weighted by Gasteiger charge is -2.27. The summed E-state index contributed by atoms with van der Waals surface area (Å²) >= 11 is 0. The van der Waals surface area contributed by atoms with E-state index < -0.39 is 80.4 Å². The van der Waals surface area contributed by atoms with Crippen LogP contribution in [0.25, 0.3) is 9.95 Å². The Bertz CT molecular complexity index is 2850. The van der Waals surface area contributed by atoms with Gasteiger partial charge in [0, 0.05) is 25.0 Å². The molecule has 5 atom stereocenters. The number of ether oxygens (including phenoxy) is 6. The number of halogens is 8. The van der Waals surface area contributed by atoms with Crippen LogP contribution in [0.2, 0.25) is 0 Å². The molecular formula is C44H43B2F8N9O12. The Hall–Kier alpha value is -9.15. The van der Waals surface area contributed by atoms with Gasteiger partial charge in [0.1, 0.15) is 42.6 Å². The molecule has 8 rings (SSSR count). The first-order chi connectivity index (χ1) is 35.3. The average Bonchev–Trinajstić information content (AvgIpc) is 3.34. The number of diazo groups is 2. The molecule has 4 aromatic rings. The highest BCUT2D eigenvalue weighted by atomic mass is 19.5. The molecule has 75 heavy (non-hydrogen) atoms. The molecule has 4 heterocycles. The number of amides is 5. The second kappa shape index (κ2) is 26.0. The Morgan fingerprint density at radius 1 is 0.680 bits per heavy atom. The first-order valence-corrected chi connectivity index (χ1v) is 21.5. The summed E-state index contributed by atoms with van der Waals surface area (Å²) < 4.78 is 112. The molecule has 0 spiro atoms. The van der Waals surface area contributed by atoms with E-state index in [1.807, 2.05) is 0 Å². The molecule has 7 bridgehead atoms. The summed E-state index contributed by atoms with van der Waals surface area (Å²) in [5.74, 6) is -4.54. The number of rotatable bonds is 7. The molecule has 4 aliphatic rings. The monoisotopic (exact) mass is 1060 g/mol. The minimum Gasteiger partial charge on any atom is -0.497 e. The van der Waals surface area contributed by atoms with Crippen LogP contribution in [0.1, 0.15) is 41.3 Å². The number of benzene rings is 4. The molecular weight excluding hydrogens is 1020 g/mol. The number of carbonyl (C=O) groups excluding carboxylic acids is 6. The van der Waals surface area contributed by atoms with Gasteiger partial charge in [-0.2, -0.15) is 0 Å². The molecule has 0 unspecified atom stereocenters. The predicted molar refractivity (Wildman–Crippen MR) is 248 cm³/mol. The number of esters is 1. The Balaban J connectivity index is 0.00000111. The number of alkyl carbamates (subject to hydrolysis) is 1. The number of fused-ring (bicyclic) bond motifs is 16. The minimum absolute atomic E-state index is 0.0524. The van der Waals surface area contributed by atoms with Gasteiger partial charge in [0.05, 0.1) is 21.3 Å². The SMILES string of the molecule is C=CCOC(=O)N[C@@H]1Cc2ccc(c([N+]#N)c2)Oc2cc3cc(c2OC)Oc2ccc(cc2[N+]#N)C[C@H](C(=O)OC)NC(=O)[C@@H](c2ccc(OC)cc2)NC(=O)[C@H]3NC(=O)[C@@H](C)NC1=O.F[B-](F)(F)F.F[B-](F)(F)F. The maximum absolute atomic E-state index is 14.9. The quantitative estimate of drug-likeness (QED) is 0.0396. The van der Waals surface area contributed by atoms with Crippen LogP contribution >= 0.6 is 0 Å². The Morgan fingerprint density at radius 2 is 1.17 bits per heavy atom. The fourth-order valence-corrected chi connectivity index (χ4v) is 6.92. The molecule has 5 N–H and O–H groups in total. The summed E-state index contributed by atoms with van der Waals surface area (Å²) in [7, 11) is -8.13. The van der Waals surface area contributed by atoms with Crippen molar-refractivity contribution < 1.29 is 91.7 Å². The lowest BCUT2D eigenvalue weighted by atomic mass is 9.99. The zero-order chi connectivity index (χ0) is 55.8. The average molecular weight is 1060 g/mol. The molecule has 5 amide bonds. The van der Waals surface area contributed by atoms with E-state index in [0.717, 1.165) is 7.11 Å². The molecule has 31 heteroatoms. The van der Waals surface area contributed by atoms with Gasteiger partial charge in [0.15, 0.2) is 21.5 Å². The Kier molecular flexibility index (Phi) is 20.2. The second-order valence-electron chi connectivity index (χ2n) is 15.5. The summed E-state index contributed by atoms with van der Waals surface area (Å²) in [6, 6.07) is 10.1. The van der Waals surface area contributed by atoms with Gasteiger partial charge in [-0.1, -0.05) is 36.9 Å². The lowest BCUT2D eigenvalue weighted by molar-refractivity contribution is -0.145. The van der Waals surface area contributed by atoms with Crippen molar-refractivity contribution in [3.63, 3.8) is 0 Å². The predicted octanol–water partition coefficient (Wildman–Crippen LogP) is 7.43. The molecule has 4 aliphatic heterocycles. The smallest absolute Gasteiger partial charge is 0.497 e. The molecule has 0 saturated heterocycles. The fraction of sp³-hybridized carbons (Fsp3) is 0.273. The summed E-state index contributed by atoms with van der Waals surface area (Å²) in [4.78, 5) is 89.8. The van der Waals surface area contributed by atoms with Crippen LogP contribution in [-0.4, -0.2) is 96.3 Å². The van der Waals surface area contributed by atoms with E-state index in [1.54, 1.807) is 18.2 Å². The zero-order valence-electron chi connectivity index (χ0n) is 39.6. The number of nitrogens with zero attached hydrogens (tertiary/aromatic N) is 4. The van der Waals surface area contributed by atoms with Gasteiger partial charge in [0.2, 0.25) is 51.7 Å². The first-order valence-electron chi connectivity index (χ1n) is 21.5. The van der Waals surface area contributed by atoms with Crippen molar-refractivity contribution in [1.82, 2.24) is 26.6 Å². The number of nitrogens with one attached hydrogen (secondary N) is 5. The summed E-state index contributed by atoms with van der Waals surface area (Å²) in [5, 5.41) is 33.3. The van der Waals surface area contributed by atoms with Crippen molar-refractivity contribution in [2.24, 2.45) is 0 Å².